The molecule has 0 saturated carbocycles. The zero-order valence-corrected chi connectivity index (χ0v) is 6.43. The minimum absolute atomic E-state index is 0.662. The Morgan fingerprint density at radius 2 is 2.54 bits per heavy atom. The van der Waals surface area contributed by atoms with Crippen molar-refractivity contribution in [2.75, 3.05) is 0 Å². The molecule has 9 heteroatoms. The van der Waals surface area contributed by atoms with Crippen molar-refractivity contribution in [1.29, 1.82) is 5.41 Å². The number of hydrazone groups is 1. The molecule has 1 heterocycles. The molecule has 0 aromatic rings. The highest BCUT2D eigenvalue weighted by molar-refractivity contribution is 5.72. The highest BCUT2D eigenvalue weighted by Gasteiger charge is 1.91. The number of rotatable bonds is 1. The predicted molar refractivity (Wildman–Crippen MR) is 43.9 cm³/mol. The van der Waals surface area contributed by atoms with E-state index in [0.29, 0.717) is 0 Å². The molecule has 0 spiro atoms. The summed E-state index contributed by atoms with van der Waals surface area (Å²) in [6.07, 6.45) is 4.80. The number of allylic oxidation sites excluding steroid dienone is 1. The van der Waals surface area contributed by atoms with Gasteiger partial charge in [-0.25, -0.2) is 10.1 Å². The van der Waals surface area contributed by atoms with Crippen LogP contribution in [0.2, 0.25) is 0 Å². The Bertz CT molecular complexity index is 212. The lowest BCUT2D eigenvalue weighted by Gasteiger charge is -1.96. The number of nitrogens with zero attached hydrogens (tertiary/aromatic N) is 2. The second-order valence-electron chi connectivity index (χ2n) is 1.60. The van der Waals surface area contributed by atoms with E-state index in [1.807, 2.05) is 0 Å². The second-order valence-corrected chi connectivity index (χ2v) is 1.60. The molecule has 0 bridgehead atoms. The van der Waals surface area contributed by atoms with E-state index < -0.39 is 11.0 Å². The van der Waals surface area contributed by atoms with Crippen molar-refractivity contribution in [3.63, 3.8) is 0 Å². The van der Waals surface area contributed by atoms with Crippen LogP contribution in [0.25, 0.3) is 0 Å². The Morgan fingerprint density at radius 1 is 1.85 bits per heavy atom. The maximum absolute atomic E-state index is 9.28. The van der Waals surface area contributed by atoms with Gasteiger partial charge in [-0.15, -0.1) is 5.59 Å². The normalized spacial score (nSPS) is 11.4. The number of nitrogens with one attached hydrogen (secondary N) is 3. The van der Waals surface area contributed by atoms with Crippen LogP contribution >= 0.6 is 0 Å². The molecule has 0 atom stereocenters. The molecule has 0 aliphatic carbocycles. The lowest BCUT2D eigenvalue weighted by Crippen LogP contribution is -2.34. The van der Waals surface area contributed by atoms with Gasteiger partial charge in [-0.1, -0.05) is 5.43 Å². The van der Waals surface area contributed by atoms with Crippen LogP contribution in [0.1, 0.15) is 0 Å². The van der Waals surface area contributed by atoms with Crippen molar-refractivity contribution in [2.45, 2.75) is 0 Å². The minimum atomic E-state index is -0.900. The molecule has 0 fully saturated rings. The average molecular weight is 188 g/mol. The Balaban J connectivity index is 0.000000223. The first kappa shape index (κ1) is 10.7. The molecule has 1 rings (SSSR count). The zero-order chi connectivity index (χ0) is 10.1. The van der Waals surface area contributed by atoms with Crippen LogP contribution in [-0.4, -0.2) is 17.2 Å². The van der Waals surface area contributed by atoms with E-state index in [-0.39, 0.29) is 0 Å². The minimum Gasteiger partial charge on any atom is -0.373 e. The van der Waals surface area contributed by atoms with Gasteiger partial charge < -0.3 is 10.6 Å². The summed E-state index contributed by atoms with van der Waals surface area (Å²) in [6, 6.07) is 0. The number of hydrogen-bond acceptors (Lipinski definition) is 6. The summed E-state index contributed by atoms with van der Waals surface area (Å²) in [5.74, 6) is -0.662. The summed E-state index contributed by atoms with van der Waals surface area (Å²) in [7, 11) is 0. The van der Waals surface area contributed by atoms with Gasteiger partial charge in [0.25, 0.3) is 0 Å². The molecule has 5 N–H and O–H groups in total. The van der Waals surface area contributed by atoms with E-state index >= 15 is 0 Å². The van der Waals surface area contributed by atoms with Crippen LogP contribution in [0.4, 0.5) is 0 Å². The van der Waals surface area contributed by atoms with Crippen LogP contribution in [0.5, 0.6) is 0 Å². The molecular weight excluding hydrogens is 180 g/mol. The molecule has 0 saturated heterocycles. The average Bonchev–Trinajstić information content (AvgIpc) is 2.06. The molecule has 9 nitrogen and oxygen atoms in total. The second kappa shape index (κ2) is 6.39. The molecule has 72 valence electrons. The SMILES string of the molecule is C1=CONN=C1.N=C(N)N[N+](=O)[O-]. The molecule has 1 aliphatic rings. The molecule has 0 unspecified atom stereocenters. The summed E-state index contributed by atoms with van der Waals surface area (Å²) in [5.41, 5.74) is 8.18. The number of hydrazine groups is 1. The Hall–Kier alpha value is -2.32. The van der Waals surface area contributed by atoms with Gasteiger partial charge in [-0.05, 0) is 6.08 Å². The van der Waals surface area contributed by atoms with Crippen LogP contribution < -0.4 is 16.7 Å². The number of nitrogens with two attached hydrogens (primary N) is 1. The van der Waals surface area contributed by atoms with Crippen LogP contribution in [0, 0.1) is 15.5 Å². The van der Waals surface area contributed by atoms with Crippen molar-refractivity contribution >= 4 is 12.2 Å². The van der Waals surface area contributed by atoms with Gasteiger partial charge in [0, 0.05) is 0 Å². The number of nitro groups is 1. The van der Waals surface area contributed by atoms with E-state index in [2.05, 4.69) is 21.3 Å². The molecule has 0 radical (unpaired) electrons. The van der Waals surface area contributed by atoms with Crippen molar-refractivity contribution in [2.24, 2.45) is 10.8 Å². The topological polar surface area (TPSA) is 139 Å². The molecule has 0 aromatic heterocycles. The van der Waals surface area contributed by atoms with E-state index in [4.69, 9.17) is 5.41 Å². The van der Waals surface area contributed by atoms with Gasteiger partial charge in [0.2, 0.25) is 5.96 Å². The Labute approximate surface area is 72.8 Å². The predicted octanol–water partition coefficient (Wildman–Crippen LogP) is -1.32. The van der Waals surface area contributed by atoms with Crippen LogP contribution in [0.3, 0.4) is 0 Å². The first-order chi connectivity index (χ1) is 6.13. The Kier molecular flexibility index (Phi) is 5.25. The number of guanidine groups is 1. The van der Waals surface area contributed by atoms with Gasteiger partial charge in [0.05, 0.1) is 6.21 Å². The van der Waals surface area contributed by atoms with Gasteiger partial charge in [-0.3, -0.25) is 5.41 Å². The summed E-state index contributed by atoms with van der Waals surface area (Å²) >= 11 is 0. The summed E-state index contributed by atoms with van der Waals surface area (Å²) in [6.45, 7) is 0. The fraction of sp³-hybridized carbons (Fsp3) is 0. The van der Waals surface area contributed by atoms with Gasteiger partial charge >= 0.3 is 0 Å². The third-order valence-corrected chi connectivity index (χ3v) is 0.624. The number of hydrogen-bond donors (Lipinski definition) is 4. The molecule has 1 aliphatic heterocycles. The molecule has 0 amide bonds. The monoisotopic (exact) mass is 188 g/mol. The van der Waals surface area contributed by atoms with Crippen LogP contribution in [0.15, 0.2) is 17.4 Å². The highest BCUT2D eigenvalue weighted by atomic mass is 16.7. The lowest BCUT2D eigenvalue weighted by molar-refractivity contribution is -0.525. The van der Waals surface area contributed by atoms with E-state index in [0.717, 1.165) is 0 Å². The largest absolute Gasteiger partial charge is 0.373 e. The summed E-state index contributed by atoms with van der Waals surface area (Å²) < 4.78 is 0. The van der Waals surface area contributed by atoms with Gasteiger partial charge in [0.15, 0.2) is 5.03 Å². The van der Waals surface area contributed by atoms with Crippen molar-refractivity contribution in [3.05, 3.63) is 22.5 Å². The van der Waals surface area contributed by atoms with E-state index in [1.54, 1.807) is 12.3 Å². The van der Waals surface area contributed by atoms with Crippen LogP contribution in [-0.2, 0) is 4.84 Å². The highest BCUT2D eigenvalue weighted by Crippen LogP contribution is 1.74. The third kappa shape index (κ3) is 9.68. The van der Waals surface area contributed by atoms with E-state index in [9.17, 15) is 10.1 Å². The van der Waals surface area contributed by atoms with Gasteiger partial charge in [-0.2, -0.15) is 5.10 Å². The van der Waals surface area contributed by atoms with Crippen molar-refractivity contribution < 1.29 is 9.87 Å². The lowest BCUT2D eigenvalue weighted by atomic mass is 10.7. The van der Waals surface area contributed by atoms with Gasteiger partial charge in [0.1, 0.15) is 6.26 Å². The fourth-order valence-corrected chi connectivity index (χ4v) is 0.307. The fourth-order valence-electron chi connectivity index (χ4n) is 0.307. The molecule has 13 heavy (non-hydrogen) atoms. The first-order valence-electron chi connectivity index (χ1n) is 2.97. The smallest absolute Gasteiger partial charge is 0.248 e. The van der Waals surface area contributed by atoms with E-state index in [1.165, 1.54) is 11.7 Å². The third-order valence-electron chi connectivity index (χ3n) is 0.624. The maximum Gasteiger partial charge on any atom is 0.248 e. The maximum atomic E-state index is 9.28. The molecule has 0 aromatic carbocycles. The van der Waals surface area contributed by atoms with Crippen molar-refractivity contribution in [1.82, 2.24) is 11.0 Å². The standard InChI is InChI=1S/C3H4N2O.CH4N4O2/c1-2-4-5-6-3-1;2-1(3)4-5(6)7/h1-3,5H;(H4,2,3,4). The summed E-state index contributed by atoms with van der Waals surface area (Å²) in [5, 5.41) is 18.1. The molecular formula is C4H8N6O3. The first-order valence-corrected chi connectivity index (χ1v) is 2.97. The zero-order valence-electron chi connectivity index (χ0n) is 6.43. The summed E-state index contributed by atoms with van der Waals surface area (Å²) in [4.78, 5) is 13.7. The van der Waals surface area contributed by atoms with Crippen molar-refractivity contribution in [3.8, 4) is 0 Å². The quantitative estimate of drug-likeness (QED) is 0.174. The Morgan fingerprint density at radius 3 is 2.62 bits per heavy atom.